The van der Waals surface area contributed by atoms with Gasteiger partial charge in [0.2, 0.25) is 0 Å². The highest BCUT2D eigenvalue weighted by Crippen LogP contribution is 2.35. The van der Waals surface area contributed by atoms with Crippen LogP contribution in [0.15, 0.2) is 36.5 Å². The molecule has 3 heteroatoms. The minimum absolute atomic E-state index is 0.254. The Kier molecular flexibility index (Phi) is 2.71. The first-order chi connectivity index (χ1) is 8.72. The van der Waals surface area contributed by atoms with Crippen LogP contribution in [0.2, 0.25) is 0 Å². The Bertz CT molecular complexity index is 561. The number of pyridine rings is 1. The molecule has 1 unspecified atom stereocenters. The lowest BCUT2D eigenvalue weighted by molar-refractivity contribution is 0.383. The first-order valence-corrected chi connectivity index (χ1v) is 6.51. The van der Waals surface area contributed by atoms with Gasteiger partial charge in [0.15, 0.2) is 0 Å². The van der Waals surface area contributed by atoms with Gasteiger partial charge in [-0.1, -0.05) is 25.1 Å². The van der Waals surface area contributed by atoms with E-state index in [1.165, 1.54) is 17.5 Å². The molecule has 2 aromatic rings. The lowest BCUT2D eigenvalue weighted by Gasteiger charge is -2.24. The van der Waals surface area contributed by atoms with Crippen molar-refractivity contribution in [2.75, 3.05) is 24.5 Å². The second kappa shape index (κ2) is 4.25. The molecule has 0 radical (unpaired) electrons. The highest BCUT2D eigenvalue weighted by molar-refractivity contribution is 5.91. The van der Waals surface area contributed by atoms with E-state index in [9.17, 15) is 0 Å². The second-order valence-corrected chi connectivity index (χ2v) is 5.53. The van der Waals surface area contributed by atoms with Gasteiger partial charge in [-0.25, -0.2) is 0 Å². The number of fused-ring (bicyclic) bond motifs is 1. The number of benzene rings is 1. The fourth-order valence-corrected chi connectivity index (χ4v) is 2.75. The molecule has 1 aromatic heterocycles. The molecule has 0 amide bonds. The average molecular weight is 241 g/mol. The van der Waals surface area contributed by atoms with Crippen molar-refractivity contribution in [3.63, 3.8) is 0 Å². The molecule has 0 aliphatic carbocycles. The summed E-state index contributed by atoms with van der Waals surface area (Å²) in [5.41, 5.74) is 8.49. The number of rotatable bonds is 2. The van der Waals surface area contributed by atoms with Crippen LogP contribution in [-0.2, 0) is 0 Å². The Labute approximate surface area is 108 Å². The van der Waals surface area contributed by atoms with E-state index in [1.54, 1.807) is 0 Å². The number of hydrogen-bond acceptors (Lipinski definition) is 3. The van der Waals surface area contributed by atoms with Crippen molar-refractivity contribution in [1.82, 2.24) is 4.98 Å². The molecule has 0 spiro atoms. The van der Waals surface area contributed by atoms with Gasteiger partial charge in [-0.15, -0.1) is 0 Å². The Balaban J connectivity index is 2.01. The van der Waals surface area contributed by atoms with Crippen LogP contribution in [0.1, 0.15) is 13.3 Å². The Hall–Kier alpha value is -1.61. The molecule has 0 bridgehead atoms. The molecular weight excluding hydrogens is 222 g/mol. The summed E-state index contributed by atoms with van der Waals surface area (Å²) in [5, 5.41) is 1.24. The highest BCUT2D eigenvalue weighted by Gasteiger charge is 2.33. The maximum absolute atomic E-state index is 5.88. The summed E-state index contributed by atoms with van der Waals surface area (Å²) in [6.45, 7) is 5.15. The van der Waals surface area contributed by atoms with E-state index in [4.69, 9.17) is 5.73 Å². The van der Waals surface area contributed by atoms with Crippen LogP contribution in [0.4, 0.5) is 5.69 Å². The Morgan fingerprint density at radius 1 is 1.33 bits per heavy atom. The van der Waals surface area contributed by atoms with Crippen molar-refractivity contribution in [2.24, 2.45) is 11.1 Å². The molecule has 1 atom stereocenters. The van der Waals surface area contributed by atoms with Crippen LogP contribution in [-0.4, -0.2) is 24.6 Å². The summed E-state index contributed by atoms with van der Waals surface area (Å²) >= 11 is 0. The Morgan fingerprint density at radius 3 is 2.94 bits per heavy atom. The summed E-state index contributed by atoms with van der Waals surface area (Å²) in [7, 11) is 0. The van der Waals surface area contributed by atoms with Gasteiger partial charge in [0, 0.05) is 30.4 Å². The molecule has 1 fully saturated rings. The number of nitrogens with two attached hydrogens (primary N) is 1. The minimum atomic E-state index is 0.254. The summed E-state index contributed by atoms with van der Waals surface area (Å²) in [6.07, 6.45) is 3.07. The van der Waals surface area contributed by atoms with Gasteiger partial charge in [0.05, 0.1) is 5.52 Å². The number of para-hydroxylation sites is 1. The summed E-state index contributed by atoms with van der Waals surface area (Å²) in [6, 6.07) is 10.4. The van der Waals surface area contributed by atoms with Gasteiger partial charge >= 0.3 is 0 Å². The largest absolute Gasteiger partial charge is 0.370 e. The number of anilines is 1. The quantitative estimate of drug-likeness (QED) is 0.878. The molecule has 3 nitrogen and oxygen atoms in total. The topological polar surface area (TPSA) is 42.1 Å². The number of hydrogen-bond donors (Lipinski definition) is 1. The van der Waals surface area contributed by atoms with Gasteiger partial charge in [-0.05, 0) is 30.5 Å². The fraction of sp³-hybridized carbons (Fsp3) is 0.400. The summed E-state index contributed by atoms with van der Waals surface area (Å²) in [5.74, 6) is 0. The van der Waals surface area contributed by atoms with E-state index < -0.39 is 0 Å². The number of nitrogens with zero attached hydrogens (tertiary/aromatic N) is 2. The van der Waals surface area contributed by atoms with E-state index in [-0.39, 0.29) is 5.41 Å². The SMILES string of the molecule is CC1(CN)CCN(c2ccnc3ccccc23)C1. The van der Waals surface area contributed by atoms with Crippen molar-refractivity contribution < 1.29 is 0 Å². The second-order valence-electron chi connectivity index (χ2n) is 5.53. The number of aromatic nitrogens is 1. The van der Waals surface area contributed by atoms with Crippen LogP contribution in [0.5, 0.6) is 0 Å². The maximum Gasteiger partial charge on any atom is 0.0722 e. The highest BCUT2D eigenvalue weighted by atomic mass is 15.2. The molecule has 94 valence electrons. The average Bonchev–Trinajstić information content (AvgIpc) is 2.81. The van der Waals surface area contributed by atoms with Gasteiger partial charge < -0.3 is 10.6 Å². The fourth-order valence-electron chi connectivity index (χ4n) is 2.75. The summed E-state index contributed by atoms with van der Waals surface area (Å²) < 4.78 is 0. The maximum atomic E-state index is 5.88. The van der Waals surface area contributed by atoms with E-state index in [0.29, 0.717) is 0 Å². The molecule has 18 heavy (non-hydrogen) atoms. The van der Waals surface area contributed by atoms with Gasteiger partial charge in [0.1, 0.15) is 0 Å². The van der Waals surface area contributed by atoms with Crippen LogP contribution < -0.4 is 10.6 Å². The zero-order valence-corrected chi connectivity index (χ0v) is 10.8. The molecule has 2 N–H and O–H groups in total. The molecule has 1 aliphatic rings. The van der Waals surface area contributed by atoms with Crippen molar-refractivity contribution in [1.29, 1.82) is 0 Å². The lowest BCUT2D eigenvalue weighted by atomic mass is 9.90. The molecule has 1 aliphatic heterocycles. The zero-order chi connectivity index (χ0) is 12.6. The van der Waals surface area contributed by atoms with Crippen molar-refractivity contribution in [3.05, 3.63) is 36.5 Å². The monoisotopic (exact) mass is 241 g/mol. The summed E-state index contributed by atoms with van der Waals surface area (Å²) in [4.78, 5) is 6.86. The van der Waals surface area contributed by atoms with Crippen LogP contribution >= 0.6 is 0 Å². The predicted molar refractivity (Wildman–Crippen MR) is 75.7 cm³/mol. The van der Waals surface area contributed by atoms with Gasteiger partial charge in [-0.2, -0.15) is 0 Å². The predicted octanol–water partition coefficient (Wildman–Crippen LogP) is 2.41. The molecule has 1 aromatic carbocycles. The van der Waals surface area contributed by atoms with Crippen LogP contribution in [0.3, 0.4) is 0 Å². The van der Waals surface area contributed by atoms with E-state index in [0.717, 1.165) is 25.2 Å². The third-order valence-electron chi connectivity index (χ3n) is 4.02. The van der Waals surface area contributed by atoms with E-state index in [2.05, 4.69) is 41.1 Å². The van der Waals surface area contributed by atoms with Gasteiger partial charge in [0.25, 0.3) is 0 Å². The van der Waals surface area contributed by atoms with Crippen molar-refractivity contribution in [2.45, 2.75) is 13.3 Å². The molecule has 1 saturated heterocycles. The third kappa shape index (κ3) is 1.85. The van der Waals surface area contributed by atoms with Crippen molar-refractivity contribution in [3.8, 4) is 0 Å². The Morgan fingerprint density at radius 2 is 2.17 bits per heavy atom. The molecule has 3 rings (SSSR count). The minimum Gasteiger partial charge on any atom is -0.370 e. The first-order valence-electron chi connectivity index (χ1n) is 6.51. The molecular formula is C15H19N3. The normalized spacial score (nSPS) is 23.8. The first kappa shape index (κ1) is 11.5. The van der Waals surface area contributed by atoms with Crippen molar-refractivity contribution >= 4 is 16.6 Å². The van der Waals surface area contributed by atoms with E-state index in [1.807, 2.05) is 12.3 Å². The molecule has 2 heterocycles. The third-order valence-corrected chi connectivity index (χ3v) is 4.02. The lowest BCUT2D eigenvalue weighted by Crippen LogP contribution is -2.31. The van der Waals surface area contributed by atoms with Gasteiger partial charge in [-0.3, -0.25) is 4.98 Å². The van der Waals surface area contributed by atoms with Crippen LogP contribution in [0, 0.1) is 5.41 Å². The standard InChI is InChI=1S/C15H19N3/c1-15(10-16)7-9-18(11-15)14-6-8-17-13-5-3-2-4-12(13)14/h2-6,8H,7,9-11,16H2,1H3. The molecule has 0 saturated carbocycles. The van der Waals surface area contributed by atoms with Crippen LogP contribution in [0.25, 0.3) is 10.9 Å². The van der Waals surface area contributed by atoms with E-state index >= 15 is 0 Å². The zero-order valence-electron chi connectivity index (χ0n) is 10.8. The smallest absolute Gasteiger partial charge is 0.0722 e.